The molecule has 0 bridgehead atoms. The van der Waals surface area contributed by atoms with Gasteiger partial charge in [0, 0.05) is 23.7 Å². The van der Waals surface area contributed by atoms with Crippen LogP contribution in [0.1, 0.15) is 27.7 Å². The highest BCUT2D eigenvalue weighted by atomic mass is 28.3. The predicted molar refractivity (Wildman–Crippen MR) is 109 cm³/mol. The van der Waals surface area contributed by atoms with E-state index in [0.717, 1.165) is 0 Å². The van der Waals surface area contributed by atoms with Crippen molar-refractivity contribution in [3.63, 3.8) is 0 Å². The van der Waals surface area contributed by atoms with Gasteiger partial charge in [0.2, 0.25) is 0 Å². The SMILES string of the molecule is C[C]1[CH][C]2[C](C=CC=C2C)[C]1[Si](C)(C)[C]1[C](C)[CH][C]2[C]1C=CC=C2C. The van der Waals surface area contributed by atoms with E-state index in [4.69, 9.17) is 0 Å². The Morgan fingerprint density at radius 1 is 0.600 bits per heavy atom. The lowest BCUT2D eigenvalue weighted by molar-refractivity contribution is 1.05. The zero-order valence-electron chi connectivity index (χ0n) is 16.1. The van der Waals surface area contributed by atoms with E-state index >= 15 is 0 Å². The highest BCUT2D eigenvalue weighted by molar-refractivity contribution is 6.90. The monoisotopic (exact) mass is 342 g/mol. The molecule has 0 nitrogen and oxygen atoms in total. The van der Waals surface area contributed by atoms with Gasteiger partial charge in [-0.15, -0.1) is 0 Å². The van der Waals surface area contributed by atoms with Crippen LogP contribution in [-0.2, 0) is 0 Å². The Morgan fingerprint density at radius 2 is 1.00 bits per heavy atom. The standard InChI is InChI=1S/C24H26Si/c1-15-9-7-11-19-21(15)13-17(3)23(19)25(5,6)24-18(4)14-22-16(2)10-8-12-20(22)24/h7-14H,1-6H3. The summed E-state index contributed by atoms with van der Waals surface area (Å²) in [6.07, 6.45) is 18.3. The van der Waals surface area contributed by atoms with Gasteiger partial charge in [0.1, 0.15) is 0 Å². The van der Waals surface area contributed by atoms with Gasteiger partial charge < -0.3 is 0 Å². The molecule has 0 N–H and O–H groups in total. The summed E-state index contributed by atoms with van der Waals surface area (Å²) in [4.78, 5) is 0. The Hall–Kier alpha value is -0.823. The molecular formula is C24H26Si. The quantitative estimate of drug-likeness (QED) is 0.550. The second-order valence-corrected chi connectivity index (χ2v) is 12.4. The Morgan fingerprint density at radius 3 is 1.40 bits per heavy atom. The number of hydrogen-bond acceptors (Lipinski definition) is 0. The molecule has 0 spiro atoms. The van der Waals surface area contributed by atoms with Gasteiger partial charge in [0.25, 0.3) is 0 Å². The Balaban J connectivity index is 1.67. The normalized spacial score (nSPS) is 28.6. The lowest BCUT2D eigenvalue weighted by Gasteiger charge is -2.44. The van der Waals surface area contributed by atoms with Crippen molar-refractivity contribution in [2.45, 2.75) is 40.8 Å². The summed E-state index contributed by atoms with van der Waals surface area (Å²) in [7, 11) is -1.81. The van der Waals surface area contributed by atoms with Crippen molar-refractivity contribution in [1.29, 1.82) is 0 Å². The van der Waals surface area contributed by atoms with Crippen LogP contribution in [0.5, 0.6) is 0 Å². The Labute approximate surface area is 156 Å². The van der Waals surface area contributed by atoms with E-state index in [9.17, 15) is 0 Å². The van der Waals surface area contributed by atoms with E-state index in [0.29, 0.717) is 0 Å². The van der Waals surface area contributed by atoms with Crippen molar-refractivity contribution in [2.75, 3.05) is 0 Å². The summed E-state index contributed by atoms with van der Waals surface area (Å²) in [5.41, 5.74) is 6.00. The molecule has 0 atom stereocenters. The molecular weight excluding hydrogens is 316 g/mol. The van der Waals surface area contributed by atoms with E-state index in [2.05, 4.69) is 90.1 Å². The van der Waals surface area contributed by atoms with Crippen LogP contribution in [-0.4, -0.2) is 8.07 Å². The van der Waals surface area contributed by atoms with Crippen LogP contribution in [0, 0.1) is 59.4 Å². The van der Waals surface area contributed by atoms with Gasteiger partial charge in [-0.1, -0.05) is 74.5 Å². The van der Waals surface area contributed by atoms with E-state index in [1.807, 2.05) is 0 Å². The van der Waals surface area contributed by atoms with Gasteiger partial charge in [-0.25, -0.2) is 0 Å². The molecule has 126 valence electrons. The van der Waals surface area contributed by atoms with Crippen LogP contribution in [0.25, 0.3) is 0 Å². The fourth-order valence-electron chi connectivity index (χ4n) is 4.97. The summed E-state index contributed by atoms with van der Waals surface area (Å²) in [6.45, 7) is 14.1. The van der Waals surface area contributed by atoms with E-state index in [-0.39, 0.29) is 0 Å². The zero-order valence-corrected chi connectivity index (χ0v) is 17.1. The van der Waals surface area contributed by atoms with Gasteiger partial charge in [-0.05, 0) is 49.6 Å². The van der Waals surface area contributed by atoms with E-state index in [1.165, 1.54) is 46.7 Å². The number of rotatable bonds is 2. The van der Waals surface area contributed by atoms with Crippen LogP contribution in [0.4, 0.5) is 0 Å². The average Bonchev–Trinajstić information content (AvgIpc) is 3.06. The first-order valence-electron chi connectivity index (χ1n) is 9.14. The molecule has 25 heavy (non-hydrogen) atoms. The zero-order chi connectivity index (χ0) is 17.9. The van der Waals surface area contributed by atoms with Crippen LogP contribution in [0.3, 0.4) is 0 Å². The molecule has 0 aromatic heterocycles. The largest absolute Gasteiger partial charge is 0.0762 e. The van der Waals surface area contributed by atoms with Crippen molar-refractivity contribution >= 4 is 8.07 Å². The minimum atomic E-state index is -1.81. The summed E-state index contributed by atoms with van der Waals surface area (Å²) in [5, 5.41) is 0. The molecule has 0 amide bonds. The van der Waals surface area contributed by atoms with Crippen molar-refractivity contribution in [3.8, 4) is 0 Å². The molecule has 0 aromatic rings. The summed E-state index contributed by atoms with van der Waals surface area (Å²) in [6, 6.07) is 0. The number of fused-ring (bicyclic) bond motifs is 2. The van der Waals surface area contributed by atoms with Crippen LogP contribution >= 0.6 is 0 Å². The third-order valence-electron chi connectivity index (χ3n) is 5.95. The van der Waals surface area contributed by atoms with Gasteiger partial charge in [-0.3, -0.25) is 0 Å². The molecule has 2 fully saturated rings. The molecule has 0 unspecified atom stereocenters. The molecule has 4 rings (SSSR count). The first-order valence-corrected chi connectivity index (χ1v) is 12.1. The fourth-order valence-corrected chi connectivity index (χ4v) is 9.12. The van der Waals surface area contributed by atoms with Crippen LogP contribution in [0.2, 0.25) is 13.1 Å². The second-order valence-electron chi connectivity index (χ2n) is 8.10. The Bertz CT molecular complexity index is 606. The molecule has 10 radical (unpaired) electrons. The highest BCUT2D eigenvalue weighted by Crippen LogP contribution is 2.62. The fraction of sp³-hybridized carbons (Fsp3) is 0.250. The van der Waals surface area contributed by atoms with Crippen molar-refractivity contribution < 1.29 is 0 Å². The maximum atomic E-state index is 2.53. The topological polar surface area (TPSA) is 0 Å². The maximum absolute atomic E-state index is 2.53. The molecule has 0 saturated heterocycles. The van der Waals surface area contributed by atoms with Gasteiger partial charge in [0.15, 0.2) is 0 Å². The molecule has 0 aliphatic heterocycles. The summed E-state index contributed by atoms with van der Waals surface area (Å²) >= 11 is 0. The van der Waals surface area contributed by atoms with Crippen molar-refractivity contribution in [1.82, 2.24) is 0 Å². The molecule has 1 heteroatoms. The van der Waals surface area contributed by atoms with Crippen molar-refractivity contribution in [3.05, 3.63) is 107 Å². The molecule has 4 aliphatic carbocycles. The summed E-state index contributed by atoms with van der Waals surface area (Å²) < 4.78 is 0. The van der Waals surface area contributed by atoms with Crippen LogP contribution < -0.4 is 0 Å². The summed E-state index contributed by atoms with van der Waals surface area (Å²) in [5.74, 6) is 8.72. The molecule has 0 aromatic carbocycles. The maximum Gasteiger partial charge on any atom is 0.0642 e. The lowest BCUT2D eigenvalue weighted by atomic mass is 9.85. The molecule has 2 saturated carbocycles. The van der Waals surface area contributed by atoms with Crippen LogP contribution in [0.15, 0.2) is 47.6 Å². The lowest BCUT2D eigenvalue weighted by Crippen LogP contribution is -2.48. The van der Waals surface area contributed by atoms with Crippen molar-refractivity contribution in [2.24, 2.45) is 0 Å². The minimum absolute atomic E-state index is 1.39. The van der Waals surface area contributed by atoms with Gasteiger partial charge in [0.05, 0.1) is 8.07 Å². The number of hydrogen-bond donors (Lipinski definition) is 0. The van der Waals surface area contributed by atoms with Gasteiger partial charge in [-0.2, -0.15) is 0 Å². The van der Waals surface area contributed by atoms with E-state index < -0.39 is 8.07 Å². The Kier molecular flexibility index (Phi) is 4.30. The smallest absolute Gasteiger partial charge is 0.0642 e. The second kappa shape index (κ2) is 6.11. The number of allylic oxidation sites excluding steroid dienone is 8. The third-order valence-corrected chi connectivity index (χ3v) is 9.77. The highest BCUT2D eigenvalue weighted by Gasteiger charge is 2.59. The first-order chi connectivity index (χ1) is 11.8. The minimum Gasteiger partial charge on any atom is -0.0762 e. The molecule has 4 aliphatic rings. The van der Waals surface area contributed by atoms with Gasteiger partial charge >= 0.3 is 0 Å². The molecule has 0 heterocycles. The van der Waals surface area contributed by atoms with E-state index in [1.54, 1.807) is 11.1 Å². The third kappa shape index (κ3) is 2.60. The predicted octanol–water partition coefficient (Wildman–Crippen LogP) is 5.88. The first kappa shape index (κ1) is 17.6. The average molecular weight is 343 g/mol.